The van der Waals surface area contributed by atoms with Crippen molar-refractivity contribution in [2.75, 3.05) is 5.32 Å². The van der Waals surface area contributed by atoms with Gasteiger partial charge in [0.05, 0.1) is 23.5 Å². The van der Waals surface area contributed by atoms with E-state index in [1.165, 1.54) is 6.33 Å². The first-order valence-corrected chi connectivity index (χ1v) is 4.92. The van der Waals surface area contributed by atoms with Gasteiger partial charge >= 0.3 is 5.69 Å². The maximum atomic E-state index is 10.7. The number of imidazole rings is 1. The summed E-state index contributed by atoms with van der Waals surface area (Å²) in [5.41, 5.74) is 0.544. The number of aromatic nitrogens is 4. The minimum atomic E-state index is -0.578. The molecule has 2 heterocycles. The summed E-state index contributed by atoms with van der Waals surface area (Å²) in [6.45, 7) is 0.328. The third-order valence-electron chi connectivity index (χ3n) is 1.94. The average molecular weight is 255 g/mol. The largest absolute Gasteiger partial charge is 0.359 e. The van der Waals surface area contributed by atoms with Crippen LogP contribution in [0, 0.1) is 10.1 Å². The molecule has 88 valence electrons. The summed E-state index contributed by atoms with van der Waals surface area (Å²) in [6.07, 6.45) is 4.17. The van der Waals surface area contributed by atoms with Crippen LogP contribution in [0.15, 0.2) is 18.7 Å². The zero-order chi connectivity index (χ0) is 12.3. The lowest BCUT2D eigenvalue weighted by Crippen LogP contribution is -2.05. The first kappa shape index (κ1) is 11.3. The SMILES string of the molecule is O=[N+]([O-])c1cnc(Cl)nc1NCc1cnc[nH]1. The molecule has 9 heteroatoms. The number of hydrogen-bond acceptors (Lipinski definition) is 6. The Hall–Kier alpha value is -2.22. The Morgan fingerprint density at radius 2 is 2.35 bits per heavy atom. The summed E-state index contributed by atoms with van der Waals surface area (Å²) in [6, 6.07) is 0. The highest BCUT2D eigenvalue weighted by atomic mass is 35.5. The minimum absolute atomic E-state index is 0.0530. The molecule has 0 aliphatic heterocycles. The predicted molar refractivity (Wildman–Crippen MR) is 59.6 cm³/mol. The highest BCUT2D eigenvalue weighted by Crippen LogP contribution is 2.22. The van der Waals surface area contributed by atoms with E-state index in [9.17, 15) is 10.1 Å². The number of anilines is 1. The Morgan fingerprint density at radius 1 is 1.53 bits per heavy atom. The van der Waals surface area contributed by atoms with E-state index < -0.39 is 4.92 Å². The van der Waals surface area contributed by atoms with Crippen molar-refractivity contribution in [3.05, 3.63) is 39.8 Å². The van der Waals surface area contributed by atoms with E-state index in [1.54, 1.807) is 6.20 Å². The van der Waals surface area contributed by atoms with E-state index in [2.05, 4.69) is 25.3 Å². The lowest BCUT2D eigenvalue weighted by Gasteiger charge is -2.04. The monoisotopic (exact) mass is 254 g/mol. The van der Waals surface area contributed by atoms with Gasteiger partial charge in [0.15, 0.2) is 0 Å². The first-order chi connectivity index (χ1) is 8.16. The van der Waals surface area contributed by atoms with Crippen molar-refractivity contribution in [2.45, 2.75) is 6.54 Å². The summed E-state index contributed by atoms with van der Waals surface area (Å²) in [4.78, 5) is 24.1. The molecule has 0 aliphatic rings. The Labute approximate surface area is 100 Å². The van der Waals surface area contributed by atoms with Crippen LogP contribution in [0.4, 0.5) is 11.5 Å². The van der Waals surface area contributed by atoms with Gasteiger partial charge in [-0.05, 0) is 11.6 Å². The van der Waals surface area contributed by atoms with Gasteiger partial charge in [0.1, 0.15) is 6.20 Å². The molecule has 0 fully saturated rings. The summed E-state index contributed by atoms with van der Waals surface area (Å²) < 4.78 is 0. The number of nitro groups is 1. The third-order valence-corrected chi connectivity index (χ3v) is 2.12. The molecule has 0 aromatic carbocycles. The molecule has 0 amide bonds. The molecule has 0 saturated carbocycles. The van der Waals surface area contributed by atoms with Crippen LogP contribution in [-0.4, -0.2) is 24.9 Å². The summed E-state index contributed by atoms with van der Waals surface area (Å²) in [7, 11) is 0. The number of nitrogens with zero attached hydrogens (tertiary/aromatic N) is 4. The first-order valence-electron chi connectivity index (χ1n) is 4.55. The van der Waals surface area contributed by atoms with Crippen LogP contribution in [0.1, 0.15) is 5.69 Å². The number of halogens is 1. The Bertz CT molecular complexity index is 529. The van der Waals surface area contributed by atoms with Gasteiger partial charge in [0, 0.05) is 6.20 Å². The number of nitrogens with one attached hydrogen (secondary N) is 2. The highest BCUT2D eigenvalue weighted by molar-refractivity contribution is 6.28. The van der Waals surface area contributed by atoms with E-state index in [0.29, 0.717) is 6.54 Å². The molecule has 0 spiro atoms. The van der Waals surface area contributed by atoms with Crippen molar-refractivity contribution in [3.8, 4) is 0 Å². The summed E-state index contributed by atoms with van der Waals surface area (Å²) in [5, 5.41) is 13.5. The molecule has 0 bridgehead atoms. The standard InChI is InChI=1S/C8H7ClN6O2/c9-8-12-3-6(15(16)17)7(14-8)11-2-5-1-10-4-13-5/h1,3-4H,2H2,(H,10,13)(H,11,12,14). The third kappa shape index (κ3) is 2.67. The van der Waals surface area contributed by atoms with Gasteiger partial charge in [-0.15, -0.1) is 0 Å². The Balaban J connectivity index is 2.19. The molecule has 2 aromatic heterocycles. The quantitative estimate of drug-likeness (QED) is 0.484. The van der Waals surface area contributed by atoms with Crippen molar-refractivity contribution < 1.29 is 4.92 Å². The van der Waals surface area contributed by atoms with Crippen LogP contribution in [0.25, 0.3) is 0 Å². The lowest BCUT2D eigenvalue weighted by molar-refractivity contribution is -0.384. The van der Waals surface area contributed by atoms with Crippen LogP contribution >= 0.6 is 11.6 Å². The van der Waals surface area contributed by atoms with Crippen molar-refractivity contribution in [1.29, 1.82) is 0 Å². The smallest absolute Gasteiger partial charge is 0.329 e. The molecule has 2 rings (SSSR count). The van der Waals surface area contributed by atoms with Gasteiger partial charge in [-0.2, -0.15) is 4.98 Å². The molecule has 0 radical (unpaired) electrons. The molecule has 0 unspecified atom stereocenters. The molecule has 17 heavy (non-hydrogen) atoms. The molecule has 0 saturated heterocycles. The second kappa shape index (κ2) is 4.74. The second-order valence-electron chi connectivity index (χ2n) is 3.06. The van der Waals surface area contributed by atoms with Crippen LogP contribution in [0.2, 0.25) is 5.28 Å². The number of rotatable bonds is 4. The fourth-order valence-corrected chi connectivity index (χ4v) is 1.31. The molecule has 0 aliphatic carbocycles. The van der Waals surface area contributed by atoms with Crippen LogP contribution in [0.5, 0.6) is 0 Å². The topological polar surface area (TPSA) is 110 Å². The van der Waals surface area contributed by atoms with Gasteiger partial charge in [-0.1, -0.05) is 0 Å². The molecule has 8 nitrogen and oxygen atoms in total. The van der Waals surface area contributed by atoms with Crippen LogP contribution < -0.4 is 5.32 Å². The highest BCUT2D eigenvalue weighted by Gasteiger charge is 2.16. The van der Waals surface area contributed by atoms with Gasteiger partial charge in [0.25, 0.3) is 0 Å². The second-order valence-corrected chi connectivity index (χ2v) is 3.40. The van der Waals surface area contributed by atoms with E-state index >= 15 is 0 Å². The maximum Gasteiger partial charge on any atom is 0.329 e. The molecular formula is C8H7ClN6O2. The minimum Gasteiger partial charge on any atom is -0.359 e. The van der Waals surface area contributed by atoms with Crippen molar-refractivity contribution in [2.24, 2.45) is 0 Å². The Morgan fingerprint density at radius 3 is 3.00 bits per heavy atom. The molecule has 2 N–H and O–H groups in total. The fourth-order valence-electron chi connectivity index (χ4n) is 1.18. The van der Waals surface area contributed by atoms with Gasteiger partial charge in [-0.25, -0.2) is 9.97 Å². The predicted octanol–water partition coefficient (Wildman–Crippen LogP) is 1.37. The van der Waals surface area contributed by atoms with Crippen molar-refractivity contribution >= 4 is 23.1 Å². The normalized spacial score (nSPS) is 10.2. The Kier molecular flexibility index (Phi) is 3.15. The maximum absolute atomic E-state index is 10.7. The fraction of sp³-hybridized carbons (Fsp3) is 0.125. The van der Waals surface area contributed by atoms with Gasteiger partial charge < -0.3 is 10.3 Å². The zero-order valence-corrected chi connectivity index (χ0v) is 9.18. The molecular weight excluding hydrogens is 248 g/mol. The van der Waals surface area contributed by atoms with Crippen molar-refractivity contribution in [1.82, 2.24) is 19.9 Å². The van der Waals surface area contributed by atoms with E-state index in [0.717, 1.165) is 11.9 Å². The summed E-state index contributed by atoms with van der Waals surface area (Å²) >= 11 is 5.58. The van der Waals surface area contributed by atoms with Crippen LogP contribution in [-0.2, 0) is 6.54 Å². The molecule has 2 aromatic rings. The number of H-pyrrole nitrogens is 1. The van der Waals surface area contributed by atoms with Crippen molar-refractivity contribution in [3.63, 3.8) is 0 Å². The van der Waals surface area contributed by atoms with E-state index in [1.807, 2.05) is 0 Å². The zero-order valence-electron chi connectivity index (χ0n) is 8.42. The number of hydrogen-bond donors (Lipinski definition) is 2. The summed E-state index contributed by atoms with van der Waals surface area (Å²) in [5.74, 6) is 0.0737. The lowest BCUT2D eigenvalue weighted by atomic mass is 10.4. The average Bonchev–Trinajstić information content (AvgIpc) is 2.78. The van der Waals surface area contributed by atoms with Crippen LogP contribution in [0.3, 0.4) is 0 Å². The molecule has 0 atom stereocenters. The van der Waals surface area contributed by atoms with Gasteiger partial charge in [-0.3, -0.25) is 10.1 Å². The van der Waals surface area contributed by atoms with Gasteiger partial charge in [0.2, 0.25) is 11.1 Å². The number of aromatic amines is 1. The van der Waals surface area contributed by atoms with E-state index in [4.69, 9.17) is 11.6 Å². The van der Waals surface area contributed by atoms with E-state index in [-0.39, 0.29) is 16.8 Å².